The lowest BCUT2D eigenvalue weighted by Crippen LogP contribution is -2.03. The van der Waals surface area contributed by atoms with E-state index in [0.29, 0.717) is 25.1 Å². The zero-order valence-corrected chi connectivity index (χ0v) is 13.3. The number of carbonyl (C=O) groups is 1. The Hall–Kier alpha value is -3.42. The van der Waals surface area contributed by atoms with Crippen LogP contribution in [0.4, 0.5) is 0 Å². The summed E-state index contributed by atoms with van der Waals surface area (Å²) in [6.45, 7) is 0.521. The second-order valence-electron chi connectivity index (χ2n) is 5.65. The number of Topliss-reactive ketones (excluding diaryl/α,β-unsaturated/α-hetero) is 1. The Morgan fingerprint density at radius 3 is 2.96 bits per heavy atom. The van der Waals surface area contributed by atoms with Crippen molar-refractivity contribution >= 4 is 16.7 Å². The number of aromatic nitrogens is 7. The van der Waals surface area contributed by atoms with Crippen LogP contribution in [0.5, 0.6) is 0 Å². The van der Waals surface area contributed by atoms with E-state index in [4.69, 9.17) is 0 Å². The molecule has 0 saturated heterocycles. The molecule has 0 aliphatic carbocycles. The minimum Gasteiger partial charge on any atom is -0.292 e. The summed E-state index contributed by atoms with van der Waals surface area (Å²) in [5.74, 6) is -0.0113. The monoisotopic (exact) mass is 333 g/mol. The van der Waals surface area contributed by atoms with E-state index in [1.807, 2.05) is 36.5 Å². The maximum Gasteiger partial charge on any atom is 0.184 e. The first-order valence-electron chi connectivity index (χ1n) is 7.90. The lowest BCUT2D eigenvalue weighted by atomic mass is 10.1. The fraction of sp³-hybridized carbons (Fsp3) is 0.176. The molecule has 0 aliphatic heterocycles. The molecular weight excluding hydrogens is 318 g/mol. The summed E-state index contributed by atoms with van der Waals surface area (Å²) in [6.07, 6.45) is 5.87. The van der Waals surface area contributed by atoms with Gasteiger partial charge in [0.15, 0.2) is 5.78 Å². The van der Waals surface area contributed by atoms with Gasteiger partial charge in [-0.05, 0) is 12.1 Å². The lowest BCUT2D eigenvalue weighted by Gasteiger charge is -1.98. The number of aromatic amines is 1. The van der Waals surface area contributed by atoms with Gasteiger partial charge in [-0.1, -0.05) is 23.4 Å². The number of ketones is 1. The van der Waals surface area contributed by atoms with Crippen LogP contribution < -0.4 is 0 Å². The van der Waals surface area contributed by atoms with Gasteiger partial charge in [-0.15, -0.1) is 5.10 Å². The van der Waals surface area contributed by atoms with Crippen molar-refractivity contribution in [1.82, 2.24) is 35.2 Å². The molecule has 8 heteroatoms. The van der Waals surface area contributed by atoms with Gasteiger partial charge >= 0.3 is 0 Å². The van der Waals surface area contributed by atoms with Crippen molar-refractivity contribution in [2.75, 3.05) is 0 Å². The minimum absolute atomic E-state index is 0.0113. The molecule has 0 radical (unpaired) electrons. The zero-order valence-electron chi connectivity index (χ0n) is 13.3. The van der Waals surface area contributed by atoms with E-state index in [9.17, 15) is 4.79 Å². The van der Waals surface area contributed by atoms with Crippen molar-refractivity contribution in [3.8, 4) is 0 Å². The molecule has 8 nitrogen and oxygen atoms in total. The van der Waals surface area contributed by atoms with Crippen molar-refractivity contribution in [2.45, 2.75) is 19.4 Å². The Morgan fingerprint density at radius 1 is 1.16 bits per heavy atom. The van der Waals surface area contributed by atoms with E-state index < -0.39 is 0 Å². The third kappa shape index (κ3) is 3.27. The molecule has 3 heterocycles. The standard InChI is InChI=1S/C17H15N7O/c25-16(17-14-3-1-2-4-15(14)21-22-17)6-5-13-10-24(23-20-13)9-12-7-8-18-11-19-12/h1-4,7-8,10-11H,5-6,9H2,(H,21,22). The van der Waals surface area contributed by atoms with Crippen LogP contribution >= 0.6 is 0 Å². The van der Waals surface area contributed by atoms with Crippen LogP contribution in [0.3, 0.4) is 0 Å². The van der Waals surface area contributed by atoms with Gasteiger partial charge in [-0.25, -0.2) is 14.6 Å². The third-order valence-electron chi connectivity index (χ3n) is 3.90. The number of hydrogen-bond donors (Lipinski definition) is 1. The van der Waals surface area contributed by atoms with Crippen LogP contribution in [0, 0.1) is 0 Å². The summed E-state index contributed by atoms with van der Waals surface area (Å²) in [4.78, 5) is 20.5. The van der Waals surface area contributed by atoms with Gasteiger partial charge in [-0.2, -0.15) is 5.10 Å². The molecule has 0 spiro atoms. The average molecular weight is 333 g/mol. The highest BCUT2D eigenvalue weighted by molar-refractivity contribution is 6.05. The van der Waals surface area contributed by atoms with Gasteiger partial charge in [0.05, 0.1) is 23.4 Å². The van der Waals surface area contributed by atoms with E-state index in [1.54, 1.807) is 10.9 Å². The molecule has 124 valence electrons. The number of para-hydroxylation sites is 1. The number of H-pyrrole nitrogens is 1. The summed E-state index contributed by atoms with van der Waals surface area (Å²) in [5.41, 5.74) is 2.96. The predicted molar refractivity (Wildman–Crippen MR) is 89.9 cm³/mol. The summed E-state index contributed by atoms with van der Waals surface area (Å²) >= 11 is 0. The number of hydrogen-bond acceptors (Lipinski definition) is 6. The number of nitrogens with zero attached hydrogens (tertiary/aromatic N) is 6. The van der Waals surface area contributed by atoms with Crippen LogP contribution in [0.2, 0.25) is 0 Å². The van der Waals surface area contributed by atoms with Crippen molar-refractivity contribution in [2.24, 2.45) is 0 Å². The van der Waals surface area contributed by atoms with Crippen LogP contribution in [-0.4, -0.2) is 40.9 Å². The van der Waals surface area contributed by atoms with E-state index in [2.05, 4.69) is 30.5 Å². The Labute approximate surface area is 142 Å². The second kappa shape index (κ2) is 6.60. The van der Waals surface area contributed by atoms with E-state index >= 15 is 0 Å². The first-order chi connectivity index (χ1) is 12.3. The Bertz CT molecular complexity index is 1010. The number of benzene rings is 1. The predicted octanol–water partition coefficient (Wildman–Crippen LogP) is 1.81. The molecule has 4 aromatic rings. The molecule has 0 unspecified atom stereocenters. The highest BCUT2D eigenvalue weighted by Crippen LogP contribution is 2.17. The van der Waals surface area contributed by atoms with Gasteiger partial charge in [0, 0.05) is 30.6 Å². The van der Waals surface area contributed by atoms with Crippen molar-refractivity contribution in [3.05, 3.63) is 66.1 Å². The molecule has 1 N–H and O–H groups in total. The van der Waals surface area contributed by atoms with E-state index in [0.717, 1.165) is 22.3 Å². The van der Waals surface area contributed by atoms with Crippen molar-refractivity contribution in [1.29, 1.82) is 0 Å². The number of aryl methyl sites for hydroxylation is 1. The number of rotatable bonds is 6. The van der Waals surface area contributed by atoms with Crippen LogP contribution in [0.25, 0.3) is 10.9 Å². The van der Waals surface area contributed by atoms with Crippen LogP contribution in [0.15, 0.2) is 49.1 Å². The molecule has 0 aliphatic rings. The Kier molecular flexibility index (Phi) is 3.99. The van der Waals surface area contributed by atoms with Gasteiger partial charge in [0.1, 0.15) is 12.0 Å². The fourth-order valence-corrected chi connectivity index (χ4v) is 2.64. The zero-order chi connectivity index (χ0) is 17.1. The minimum atomic E-state index is -0.0113. The first-order valence-corrected chi connectivity index (χ1v) is 7.90. The highest BCUT2D eigenvalue weighted by Gasteiger charge is 2.14. The third-order valence-corrected chi connectivity index (χ3v) is 3.90. The average Bonchev–Trinajstić information content (AvgIpc) is 3.27. The van der Waals surface area contributed by atoms with Gasteiger partial charge in [-0.3, -0.25) is 9.89 Å². The lowest BCUT2D eigenvalue weighted by molar-refractivity contribution is 0.0979. The van der Waals surface area contributed by atoms with Gasteiger partial charge in [0.2, 0.25) is 0 Å². The molecule has 0 amide bonds. The first kappa shape index (κ1) is 15.1. The quantitative estimate of drug-likeness (QED) is 0.540. The summed E-state index contributed by atoms with van der Waals surface area (Å²) in [6, 6.07) is 9.42. The number of carbonyl (C=O) groups excluding carboxylic acids is 1. The maximum absolute atomic E-state index is 12.4. The summed E-state index contributed by atoms with van der Waals surface area (Å²) in [5, 5.41) is 16.1. The van der Waals surface area contributed by atoms with Gasteiger partial charge in [0.25, 0.3) is 0 Å². The summed E-state index contributed by atoms with van der Waals surface area (Å²) in [7, 11) is 0. The number of nitrogens with one attached hydrogen (secondary N) is 1. The topological polar surface area (TPSA) is 102 Å². The van der Waals surface area contributed by atoms with Crippen LogP contribution in [-0.2, 0) is 13.0 Å². The van der Waals surface area contributed by atoms with Gasteiger partial charge < -0.3 is 0 Å². The normalized spacial score (nSPS) is 11.0. The molecule has 0 saturated carbocycles. The van der Waals surface area contributed by atoms with E-state index in [-0.39, 0.29) is 5.78 Å². The Balaban J connectivity index is 1.41. The fourth-order valence-electron chi connectivity index (χ4n) is 2.64. The molecule has 4 rings (SSSR count). The molecule has 25 heavy (non-hydrogen) atoms. The molecular formula is C17H15N7O. The largest absolute Gasteiger partial charge is 0.292 e. The SMILES string of the molecule is O=C(CCc1cn(Cc2ccncn2)nn1)c1n[nH]c2ccccc12. The molecule has 0 bridgehead atoms. The Morgan fingerprint density at radius 2 is 2.08 bits per heavy atom. The maximum atomic E-state index is 12.4. The number of fused-ring (bicyclic) bond motifs is 1. The molecule has 0 atom stereocenters. The van der Waals surface area contributed by atoms with E-state index in [1.165, 1.54) is 6.33 Å². The molecule has 0 fully saturated rings. The second-order valence-corrected chi connectivity index (χ2v) is 5.65. The molecule has 3 aromatic heterocycles. The van der Waals surface area contributed by atoms with Crippen LogP contribution in [0.1, 0.15) is 28.3 Å². The van der Waals surface area contributed by atoms with Crippen molar-refractivity contribution in [3.63, 3.8) is 0 Å². The molecule has 1 aromatic carbocycles. The van der Waals surface area contributed by atoms with Crippen molar-refractivity contribution < 1.29 is 4.79 Å². The highest BCUT2D eigenvalue weighted by atomic mass is 16.1. The smallest absolute Gasteiger partial charge is 0.184 e. The summed E-state index contributed by atoms with van der Waals surface area (Å²) < 4.78 is 1.70.